The number of imidazole rings is 1. The zero-order valence-electron chi connectivity index (χ0n) is 17.6. The molecule has 6 nitrogen and oxygen atoms in total. The van der Waals surface area contributed by atoms with Gasteiger partial charge in [0.15, 0.2) is 0 Å². The number of piperidine rings is 1. The van der Waals surface area contributed by atoms with E-state index in [0.717, 1.165) is 44.0 Å². The van der Waals surface area contributed by atoms with E-state index in [-0.39, 0.29) is 5.91 Å². The second-order valence-corrected chi connectivity index (χ2v) is 8.20. The SMILES string of the molecule is CCc1nc(CN2CCC[C@@H](CCC(=O)Nc3ccc(OC)c(Cl)c3)C2)c(C)[nH]1. The van der Waals surface area contributed by atoms with Crippen LogP contribution in [0.5, 0.6) is 5.75 Å². The van der Waals surface area contributed by atoms with Crippen molar-refractivity contribution in [1.82, 2.24) is 14.9 Å². The van der Waals surface area contributed by atoms with Gasteiger partial charge in [-0.2, -0.15) is 0 Å². The molecule has 2 N–H and O–H groups in total. The minimum atomic E-state index is 0.0269. The molecule has 1 aromatic heterocycles. The van der Waals surface area contributed by atoms with Crippen molar-refractivity contribution in [3.05, 3.63) is 40.4 Å². The largest absolute Gasteiger partial charge is 0.495 e. The minimum absolute atomic E-state index is 0.0269. The third-order valence-corrected chi connectivity index (χ3v) is 5.86. The summed E-state index contributed by atoms with van der Waals surface area (Å²) < 4.78 is 5.14. The summed E-state index contributed by atoms with van der Waals surface area (Å²) >= 11 is 6.13. The topological polar surface area (TPSA) is 70.2 Å². The summed E-state index contributed by atoms with van der Waals surface area (Å²) in [7, 11) is 1.57. The number of carbonyl (C=O) groups excluding carboxylic acids is 1. The molecule has 1 aromatic carbocycles. The molecular weight excluding hydrogens is 388 g/mol. The van der Waals surface area contributed by atoms with E-state index in [1.807, 2.05) is 6.07 Å². The zero-order chi connectivity index (χ0) is 20.8. The Labute approximate surface area is 178 Å². The molecule has 158 valence electrons. The summed E-state index contributed by atoms with van der Waals surface area (Å²) in [5.41, 5.74) is 3.02. The molecule has 0 saturated carbocycles. The zero-order valence-corrected chi connectivity index (χ0v) is 18.3. The van der Waals surface area contributed by atoms with Gasteiger partial charge in [0.25, 0.3) is 0 Å². The molecule has 1 aliphatic rings. The Morgan fingerprint density at radius 2 is 2.28 bits per heavy atom. The normalized spacial score (nSPS) is 17.3. The molecule has 1 atom stereocenters. The number of halogens is 1. The number of hydrogen-bond acceptors (Lipinski definition) is 4. The average Bonchev–Trinajstić information content (AvgIpc) is 3.06. The molecule has 0 radical (unpaired) electrons. The lowest BCUT2D eigenvalue weighted by Crippen LogP contribution is -2.35. The first-order valence-corrected chi connectivity index (χ1v) is 10.8. The van der Waals surface area contributed by atoms with Crippen LogP contribution in [0, 0.1) is 12.8 Å². The number of aromatic nitrogens is 2. The number of aryl methyl sites for hydroxylation is 2. The van der Waals surface area contributed by atoms with Crippen molar-refractivity contribution in [2.45, 2.75) is 52.5 Å². The van der Waals surface area contributed by atoms with E-state index in [4.69, 9.17) is 21.3 Å². The van der Waals surface area contributed by atoms with Crippen LogP contribution in [0.1, 0.15) is 49.8 Å². The number of rotatable bonds is 8. The van der Waals surface area contributed by atoms with Crippen molar-refractivity contribution in [2.75, 3.05) is 25.5 Å². The molecule has 7 heteroatoms. The highest BCUT2D eigenvalue weighted by Crippen LogP contribution is 2.28. The maximum atomic E-state index is 12.4. The monoisotopic (exact) mass is 418 g/mol. The summed E-state index contributed by atoms with van der Waals surface area (Å²) in [6.07, 6.45) is 4.69. The third kappa shape index (κ3) is 5.97. The number of methoxy groups -OCH3 is 1. The first-order chi connectivity index (χ1) is 14.0. The van der Waals surface area contributed by atoms with Crippen molar-refractivity contribution in [1.29, 1.82) is 0 Å². The van der Waals surface area contributed by atoms with Crippen molar-refractivity contribution in [3.8, 4) is 5.75 Å². The first-order valence-electron chi connectivity index (χ1n) is 10.4. The van der Waals surface area contributed by atoms with Crippen LogP contribution in [0.15, 0.2) is 18.2 Å². The van der Waals surface area contributed by atoms with Crippen LogP contribution in [0.3, 0.4) is 0 Å². The second kappa shape index (κ2) is 10.1. The molecule has 0 aliphatic carbocycles. The summed E-state index contributed by atoms with van der Waals surface area (Å²) in [6, 6.07) is 5.29. The molecule has 1 saturated heterocycles. The molecule has 3 rings (SSSR count). The third-order valence-electron chi connectivity index (χ3n) is 5.56. The van der Waals surface area contributed by atoms with Gasteiger partial charge in [-0.25, -0.2) is 4.98 Å². The van der Waals surface area contributed by atoms with E-state index in [1.165, 1.54) is 18.5 Å². The number of ether oxygens (including phenoxy) is 1. The first kappa shape index (κ1) is 21.7. The smallest absolute Gasteiger partial charge is 0.224 e. The van der Waals surface area contributed by atoms with Gasteiger partial charge in [-0.3, -0.25) is 9.69 Å². The number of H-pyrrole nitrogens is 1. The number of amides is 1. The summed E-state index contributed by atoms with van der Waals surface area (Å²) in [6.45, 7) is 7.22. The highest BCUT2D eigenvalue weighted by Gasteiger charge is 2.22. The Bertz CT molecular complexity index is 836. The number of likely N-dealkylation sites (tertiary alicyclic amines) is 1. The Kier molecular flexibility index (Phi) is 7.56. The van der Waals surface area contributed by atoms with Crippen LogP contribution < -0.4 is 10.1 Å². The van der Waals surface area contributed by atoms with Crippen molar-refractivity contribution in [2.24, 2.45) is 5.92 Å². The van der Waals surface area contributed by atoms with Crippen molar-refractivity contribution >= 4 is 23.2 Å². The minimum Gasteiger partial charge on any atom is -0.495 e. The Morgan fingerprint density at radius 3 is 2.97 bits per heavy atom. The van der Waals surface area contributed by atoms with Gasteiger partial charge in [0.05, 0.1) is 17.8 Å². The molecular formula is C22H31ClN4O2. The Morgan fingerprint density at radius 1 is 1.45 bits per heavy atom. The van der Waals surface area contributed by atoms with Gasteiger partial charge in [-0.15, -0.1) is 0 Å². The van der Waals surface area contributed by atoms with Gasteiger partial charge in [-0.05, 0) is 56.8 Å². The molecule has 0 spiro atoms. The fourth-order valence-electron chi connectivity index (χ4n) is 3.93. The number of hydrogen-bond donors (Lipinski definition) is 2. The lowest BCUT2D eigenvalue weighted by Gasteiger charge is -2.32. The van der Waals surface area contributed by atoms with Gasteiger partial charge in [0.1, 0.15) is 11.6 Å². The van der Waals surface area contributed by atoms with Gasteiger partial charge in [0.2, 0.25) is 5.91 Å². The quantitative estimate of drug-likeness (QED) is 0.658. The highest BCUT2D eigenvalue weighted by molar-refractivity contribution is 6.32. The van der Waals surface area contributed by atoms with E-state index in [0.29, 0.717) is 28.8 Å². The maximum absolute atomic E-state index is 12.4. The van der Waals surface area contributed by atoms with Crippen LogP contribution in [-0.4, -0.2) is 41.0 Å². The number of carbonyl (C=O) groups is 1. The molecule has 0 bridgehead atoms. The van der Waals surface area contributed by atoms with E-state index in [1.54, 1.807) is 19.2 Å². The van der Waals surface area contributed by atoms with Crippen molar-refractivity contribution < 1.29 is 9.53 Å². The van der Waals surface area contributed by atoms with E-state index >= 15 is 0 Å². The van der Waals surface area contributed by atoms with Gasteiger partial charge < -0.3 is 15.0 Å². The second-order valence-electron chi connectivity index (χ2n) is 7.79. The van der Waals surface area contributed by atoms with Gasteiger partial charge in [-0.1, -0.05) is 18.5 Å². The number of benzene rings is 1. The fraction of sp³-hybridized carbons (Fsp3) is 0.545. The van der Waals surface area contributed by atoms with Gasteiger partial charge in [0, 0.05) is 37.3 Å². The lowest BCUT2D eigenvalue weighted by atomic mass is 9.93. The Hall–Kier alpha value is -2.05. The predicted molar refractivity (Wildman–Crippen MR) is 117 cm³/mol. The molecule has 2 heterocycles. The summed E-state index contributed by atoms with van der Waals surface area (Å²) in [5.74, 6) is 2.23. The summed E-state index contributed by atoms with van der Waals surface area (Å²) in [4.78, 5) is 22.9. The molecule has 1 fully saturated rings. The number of nitrogens with one attached hydrogen (secondary N) is 2. The number of anilines is 1. The van der Waals surface area contributed by atoms with E-state index in [2.05, 4.69) is 29.0 Å². The number of nitrogens with zero attached hydrogens (tertiary/aromatic N) is 2. The lowest BCUT2D eigenvalue weighted by molar-refractivity contribution is -0.116. The summed E-state index contributed by atoms with van der Waals surface area (Å²) in [5, 5.41) is 3.43. The molecule has 1 aliphatic heterocycles. The van der Waals surface area contributed by atoms with Crippen LogP contribution in [0.25, 0.3) is 0 Å². The van der Waals surface area contributed by atoms with Crippen LogP contribution >= 0.6 is 11.6 Å². The van der Waals surface area contributed by atoms with Crippen molar-refractivity contribution in [3.63, 3.8) is 0 Å². The average molecular weight is 419 g/mol. The van der Waals surface area contributed by atoms with Gasteiger partial charge >= 0.3 is 0 Å². The number of aromatic amines is 1. The molecule has 2 aromatic rings. The molecule has 0 unspecified atom stereocenters. The van der Waals surface area contributed by atoms with Crippen LogP contribution in [-0.2, 0) is 17.8 Å². The van der Waals surface area contributed by atoms with Crippen LogP contribution in [0.4, 0.5) is 5.69 Å². The van der Waals surface area contributed by atoms with Crippen LogP contribution in [0.2, 0.25) is 5.02 Å². The fourth-order valence-corrected chi connectivity index (χ4v) is 4.19. The predicted octanol–water partition coefficient (Wildman–Crippen LogP) is 4.57. The Balaban J connectivity index is 1.47. The molecule has 29 heavy (non-hydrogen) atoms. The standard InChI is InChI=1S/C22H31ClN4O2/c1-4-21-24-15(2)19(26-21)14-27-11-5-6-16(13-27)7-10-22(28)25-17-8-9-20(29-3)18(23)12-17/h8-9,12,16H,4-7,10-11,13-14H2,1-3H3,(H,24,26)(H,25,28)/t16-/m0/s1. The maximum Gasteiger partial charge on any atom is 0.224 e. The highest BCUT2D eigenvalue weighted by atomic mass is 35.5. The molecule has 1 amide bonds. The van der Waals surface area contributed by atoms with E-state index in [9.17, 15) is 4.79 Å². The van der Waals surface area contributed by atoms with E-state index < -0.39 is 0 Å².